The fourth-order valence-electron chi connectivity index (χ4n) is 2.95. The molecule has 1 atom stereocenters. The zero-order chi connectivity index (χ0) is 21.7. The van der Waals surface area contributed by atoms with E-state index in [0.29, 0.717) is 28.2 Å². The quantitative estimate of drug-likeness (QED) is 0.389. The molecule has 1 heterocycles. The second kappa shape index (κ2) is 10.00. The minimum atomic E-state index is -0.541. The largest absolute Gasteiger partial charge is 0.494 e. The van der Waals surface area contributed by atoms with E-state index < -0.39 is 5.25 Å². The first-order valence-electron chi connectivity index (χ1n) is 9.69. The van der Waals surface area contributed by atoms with E-state index in [1.807, 2.05) is 26.0 Å². The normalized spacial score (nSPS) is 16.9. The zero-order valence-corrected chi connectivity index (χ0v) is 18.7. The molecule has 0 unspecified atom stereocenters. The highest BCUT2D eigenvalue weighted by Gasteiger charge is 2.40. The summed E-state index contributed by atoms with van der Waals surface area (Å²) in [5.41, 5.74) is 2.29. The van der Waals surface area contributed by atoms with Crippen LogP contribution in [-0.4, -0.2) is 35.9 Å². The number of hydrogen-bond acceptors (Lipinski definition) is 5. The Balaban J connectivity index is 1.68. The number of amidine groups is 1. The molecule has 0 spiro atoms. The molecule has 0 bridgehead atoms. The predicted molar refractivity (Wildman–Crippen MR) is 124 cm³/mol. The number of hydrogen-bond donors (Lipinski definition) is 1. The van der Waals surface area contributed by atoms with Gasteiger partial charge in [-0.25, -0.2) is 4.90 Å². The summed E-state index contributed by atoms with van der Waals surface area (Å²) in [5.74, 6) is 0.234. The lowest BCUT2D eigenvalue weighted by molar-refractivity contribution is -0.121. The van der Waals surface area contributed by atoms with Crippen molar-refractivity contribution in [2.45, 2.75) is 31.9 Å². The maximum Gasteiger partial charge on any atom is 0.247 e. The van der Waals surface area contributed by atoms with Gasteiger partial charge >= 0.3 is 0 Å². The number of carbonyl (C=O) groups excluding carboxylic acids is 2. The number of benzene rings is 2. The molecule has 1 fully saturated rings. The summed E-state index contributed by atoms with van der Waals surface area (Å²) in [5, 5.41) is 3.82. The lowest BCUT2D eigenvalue weighted by Crippen LogP contribution is -2.31. The molecule has 1 N–H and O–H groups in total. The third kappa shape index (κ3) is 5.15. The summed E-state index contributed by atoms with van der Waals surface area (Å²) in [4.78, 5) is 30.9. The Morgan fingerprint density at radius 3 is 2.63 bits per heavy atom. The number of thioether (sulfide) groups is 1. The van der Waals surface area contributed by atoms with Crippen molar-refractivity contribution in [2.75, 3.05) is 23.9 Å². The first kappa shape index (κ1) is 22.2. The standard InChI is InChI=1S/C22H24ClN3O3S/c1-4-11-29-17-9-7-16(8-10-17)26-20(27)13-19(21(26)28)30-22(24-3)25-15-6-5-14(2)18(23)12-15/h5-10,12,19H,4,11,13H2,1-3H3,(H,24,25)/t19-/m0/s1. The van der Waals surface area contributed by atoms with Gasteiger partial charge in [0.05, 0.1) is 12.3 Å². The highest BCUT2D eigenvalue weighted by molar-refractivity contribution is 8.15. The van der Waals surface area contributed by atoms with Gasteiger partial charge in [0.2, 0.25) is 11.8 Å². The molecule has 0 radical (unpaired) electrons. The Kier molecular flexibility index (Phi) is 7.39. The monoisotopic (exact) mass is 445 g/mol. The Labute approximate surface area is 185 Å². The molecule has 2 aromatic carbocycles. The fraction of sp³-hybridized carbons (Fsp3) is 0.318. The fourth-order valence-corrected chi connectivity index (χ4v) is 4.11. The molecule has 6 nitrogen and oxygen atoms in total. The van der Waals surface area contributed by atoms with Crippen LogP contribution in [0.5, 0.6) is 5.75 Å². The van der Waals surface area contributed by atoms with Gasteiger partial charge in [-0.2, -0.15) is 0 Å². The number of aliphatic imine (C=N–C) groups is 1. The molecule has 1 saturated heterocycles. The third-order valence-corrected chi connectivity index (χ3v) is 6.12. The van der Waals surface area contributed by atoms with Gasteiger partial charge in [0.25, 0.3) is 0 Å². The Morgan fingerprint density at radius 1 is 1.27 bits per heavy atom. The van der Waals surface area contributed by atoms with Crippen molar-refractivity contribution in [1.82, 2.24) is 0 Å². The molecule has 3 rings (SSSR count). The van der Waals surface area contributed by atoms with Crippen molar-refractivity contribution < 1.29 is 14.3 Å². The van der Waals surface area contributed by atoms with E-state index in [9.17, 15) is 9.59 Å². The molecule has 158 valence electrons. The number of nitrogens with one attached hydrogen (secondary N) is 1. The molecular weight excluding hydrogens is 422 g/mol. The summed E-state index contributed by atoms with van der Waals surface area (Å²) >= 11 is 7.42. The number of amides is 2. The van der Waals surface area contributed by atoms with Crippen LogP contribution in [0.4, 0.5) is 11.4 Å². The molecule has 30 heavy (non-hydrogen) atoms. The Bertz CT molecular complexity index is 963. The van der Waals surface area contributed by atoms with E-state index >= 15 is 0 Å². The number of nitrogens with zero attached hydrogens (tertiary/aromatic N) is 2. The highest BCUT2D eigenvalue weighted by atomic mass is 35.5. The first-order valence-corrected chi connectivity index (χ1v) is 10.9. The van der Waals surface area contributed by atoms with Crippen molar-refractivity contribution in [3.05, 3.63) is 53.1 Å². The molecule has 0 aromatic heterocycles. The summed E-state index contributed by atoms with van der Waals surface area (Å²) in [6.07, 6.45) is 1.03. The molecular formula is C22H24ClN3O3S. The average molecular weight is 446 g/mol. The smallest absolute Gasteiger partial charge is 0.247 e. The molecule has 1 aliphatic rings. The van der Waals surface area contributed by atoms with Crippen molar-refractivity contribution in [2.24, 2.45) is 4.99 Å². The van der Waals surface area contributed by atoms with Gasteiger partial charge in [-0.3, -0.25) is 14.6 Å². The molecule has 0 saturated carbocycles. The number of halogens is 1. The summed E-state index contributed by atoms with van der Waals surface area (Å²) in [6, 6.07) is 12.6. The van der Waals surface area contributed by atoms with Gasteiger partial charge in [0, 0.05) is 24.2 Å². The summed E-state index contributed by atoms with van der Waals surface area (Å²) in [7, 11) is 1.64. The SMILES string of the molecule is CCCOc1ccc(N2C(=O)C[C@H](SC(=NC)Nc3ccc(C)c(Cl)c3)C2=O)cc1. The Hall–Kier alpha value is -2.51. The van der Waals surface area contributed by atoms with Crippen molar-refractivity contribution in [1.29, 1.82) is 0 Å². The van der Waals surface area contributed by atoms with Gasteiger partial charge in [-0.15, -0.1) is 0 Å². The van der Waals surface area contributed by atoms with Crippen molar-refractivity contribution in [3.8, 4) is 5.75 Å². The highest BCUT2D eigenvalue weighted by Crippen LogP contribution is 2.32. The summed E-state index contributed by atoms with van der Waals surface area (Å²) in [6.45, 7) is 4.58. The summed E-state index contributed by atoms with van der Waals surface area (Å²) < 4.78 is 5.56. The van der Waals surface area contributed by atoms with Gasteiger partial charge < -0.3 is 10.1 Å². The van der Waals surface area contributed by atoms with Crippen LogP contribution in [0, 0.1) is 6.92 Å². The van der Waals surface area contributed by atoms with E-state index in [1.54, 1.807) is 37.4 Å². The van der Waals surface area contributed by atoms with E-state index in [1.165, 1.54) is 16.7 Å². The minimum absolute atomic E-state index is 0.118. The van der Waals surface area contributed by atoms with Gasteiger partial charge in [-0.05, 0) is 55.3 Å². The number of rotatable bonds is 6. The molecule has 1 aliphatic heterocycles. The topological polar surface area (TPSA) is 71.0 Å². The third-order valence-electron chi connectivity index (χ3n) is 4.55. The zero-order valence-electron chi connectivity index (χ0n) is 17.1. The van der Waals surface area contributed by atoms with Crippen molar-refractivity contribution >= 4 is 51.7 Å². The maximum atomic E-state index is 12.9. The van der Waals surface area contributed by atoms with Crippen LogP contribution in [0.3, 0.4) is 0 Å². The Morgan fingerprint density at radius 2 is 2.00 bits per heavy atom. The second-order valence-corrected chi connectivity index (χ2v) is 8.44. The number of anilines is 2. The predicted octanol–water partition coefficient (Wildman–Crippen LogP) is 4.90. The lowest BCUT2D eigenvalue weighted by atomic mass is 10.2. The number of imide groups is 1. The molecule has 2 amide bonds. The van der Waals surface area contributed by atoms with Crippen LogP contribution in [0.2, 0.25) is 5.02 Å². The van der Waals surface area contributed by atoms with Gasteiger partial charge in [-0.1, -0.05) is 36.4 Å². The van der Waals surface area contributed by atoms with Crippen LogP contribution >= 0.6 is 23.4 Å². The number of aryl methyl sites for hydroxylation is 1. The van der Waals surface area contributed by atoms with Crippen LogP contribution in [0.15, 0.2) is 47.5 Å². The van der Waals surface area contributed by atoms with E-state index in [0.717, 1.165) is 17.7 Å². The maximum absolute atomic E-state index is 12.9. The van der Waals surface area contributed by atoms with Crippen LogP contribution < -0.4 is 15.0 Å². The van der Waals surface area contributed by atoms with E-state index in [4.69, 9.17) is 16.3 Å². The van der Waals surface area contributed by atoms with Crippen LogP contribution in [-0.2, 0) is 9.59 Å². The van der Waals surface area contributed by atoms with Gasteiger partial charge in [0.15, 0.2) is 5.17 Å². The number of carbonyl (C=O) groups is 2. The average Bonchev–Trinajstić information content (AvgIpc) is 3.02. The first-order chi connectivity index (χ1) is 14.4. The van der Waals surface area contributed by atoms with E-state index in [2.05, 4.69) is 10.3 Å². The second-order valence-electron chi connectivity index (χ2n) is 6.84. The molecule has 2 aromatic rings. The molecule has 8 heteroatoms. The number of ether oxygens (including phenoxy) is 1. The van der Waals surface area contributed by atoms with Crippen LogP contribution in [0.1, 0.15) is 25.3 Å². The molecule has 0 aliphatic carbocycles. The van der Waals surface area contributed by atoms with E-state index in [-0.39, 0.29) is 18.2 Å². The lowest BCUT2D eigenvalue weighted by Gasteiger charge is -2.16. The van der Waals surface area contributed by atoms with Gasteiger partial charge in [0.1, 0.15) is 11.0 Å². The van der Waals surface area contributed by atoms with Crippen LogP contribution in [0.25, 0.3) is 0 Å². The minimum Gasteiger partial charge on any atom is -0.494 e. The van der Waals surface area contributed by atoms with Crippen molar-refractivity contribution in [3.63, 3.8) is 0 Å².